The van der Waals surface area contributed by atoms with Crippen LogP contribution in [0.25, 0.3) is 0 Å². The Kier molecular flexibility index (Phi) is 6.77. The third kappa shape index (κ3) is 5.28. The minimum Gasteiger partial charge on any atom is -0.363 e. The number of anilines is 1. The van der Waals surface area contributed by atoms with Gasteiger partial charge in [0.25, 0.3) is 5.69 Å². The zero-order valence-electron chi connectivity index (χ0n) is 17.6. The molecule has 2 aliphatic heterocycles. The van der Waals surface area contributed by atoms with Gasteiger partial charge in [-0.2, -0.15) is 0 Å². The molecule has 0 saturated carbocycles. The number of hydrogen-bond acceptors (Lipinski definition) is 8. The van der Waals surface area contributed by atoms with Crippen LogP contribution in [0.4, 0.5) is 11.4 Å². The molecule has 9 nitrogen and oxygen atoms in total. The Balaban J connectivity index is 1.39. The van der Waals surface area contributed by atoms with E-state index in [2.05, 4.69) is 0 Å². The summed E-state index contributed by atoms with van der Waals surface area (Å²) in [6, 6.07) is 10.3. The highest BCUT2D eigenvalue weighted by molar-refractivity contribution is 7.91. The molecule has 2 saturated heterocycles. The summed E-state index contributed by atoms with van der Waals surface area (Å²) < 4.78 is 24.0. The van der Waals surface area contributed by atoms with E-state index in [-0.39, 0.29) is 40.6 Å². The second-order valence-electron chi connectivity index (χ2n) is 8.17. The van der Waals surface area contributed by atoms with Crippen LogP contribution in [0.2, 0.25) is 0 Å². The average molecular weight is 479 g/mol. The number of hydrogen-bond donors (Lipinski definition) is 0. The second kappa shape index (κ2) is 9.55. The fourth-order valence-electron chi connectivity index (χ4n) is 4.33. The second-order valence-corrected chi connectivity index (χ2v) is 11.4. The van der Waals surface area contributed by atoms with Crippen LogP contribution < -0.4 is 4.90 Å². The quantitative estimate of drug-likeness (QED) is 0.443. The molecule has 1 amide bonds. The molecule has 0 bridgehead atoms. The first-order valence-corrected chi connectivity index (χ1v) is 13.3. The highest BCUT2D eigenvalue weighted by Gasteiger charge is 2.35. The van der Waals surface area contributed by atoms with Crippen LogP contribution in [0.15, 0.2) is 41.8 Å². The van der Waals surface area contributed by atoms with Gasteiger partial charge in [0, 0.05) is 43.2 Å². The van der Waals surface area contributed by atoms with E-state index in [4.69, 9.17) is 0 Å². The lowest BCUT2D eigenvalue weighted by molar-refractivity contribution is -0.384. The molecule has 172 valence electrons. The maximum Gasteiger partial charge on any atom is 0.292 e. The van der Waals surface area contributed by atoms with Crippen molar-refractivity contribution in [2.75, 3.05) is 49.1 Å². The first-order chi connectivity index (χ1) is 15.3. The Hall–Kier alpha value is -2.50. The monoisotopic (exact) mass is 478 g/mol. The van der Waals surface area contributed by atoms with Gasteiger partial charge in [0.2, 0.25) is 5.91 Å². The molecule has 2 aliphatic rings. The minimum atomic E-state index is -3.10. The van der Waals surface area contributed by atoms with Crippen LogP contribution in [0, 0.1) is 10.1 Å². The number of benzene rings is 1. The van der Waals surface area contributed by atoms with Crippen molar-refractivity contribution in [1.29, 1.82) is 0 Å². The van der Waals surface area contributed by atoms with E-state index >= 15 is 0 Å². The highest BCUT2D eigenvalue weighted by atomic mass is 32.2. The first kappa shape index (κ1) is 22.7. The molecule has 1 aromatic heterocycles. The number of carbonyl (C=O) groups excluding carboxylic acids is 1. The van der Waals surface area contributed by atoms with Gasteiger partial charge in [-0.25, -0.2) is 8.42 Å². The Bertz CT molecular complexity index is 1070. The molecule has 4 rings (SSSR count). The summed E-state index contributed by atoms with van der Waals surface area (Å²) in [5, 5.41) is 13.3. The van der Waals surface area contributed by atoms with E-state index in [1.807, 2.05) is 27.3 Å². The number of nitro groups is 1. The summed E-state index contributed by atoms with van der Waals surface area (Å²) in [7, 11) is -3.10. The van der Waals surface area contributed by atoms with Gasteiger partial charge in [-0.15, -0.1) is 11.3 Å². The molecule has 1 aromatic carbocycles. The molecule has 11 heteroatoms. The molecule has 3 heterocycles. The number of amides is 1. The fourth-order valence-corrected chi connectivity index (χ4v) is 6.76. The topological polar surface area (TPSA) is 104 Å². The smallest absolute Gasteiger partial charge is 0.292 e. The van der Waals surface area contributed by atoms with Gasteiger partial charge in [-0.05, 0) is 23.9 Å². The number of rotatable bonds is 7. The standard InChI is InChI=1S/C21H26N4O5S2/c26-21(24(14-18-4-3-12-31-18)17-7-13-32(29,30)16-17)15-22-8-10-23(11-9-22)19-5-1-2-6-20(19)25(27)28/h1-6,12,17H,7-11,13-16H2/t17-/m1/s1. The van der Waals surface area contributed by atoms with Gasteiger partial charge in [-0.3, -0.25) is 19.8 Å². The predicted octanol–water partition coefficient (Wildman–Crippen LogP) is 1.99. The Labute approximate surface area is 191 Å². The number of carbonyl (C=O) groups is 1. The summed E-state index contributed by atoms with van der Waals surface area (Å²) in [5.74, 6) is 0.0790. The summed E-state index contributed by atoms with van der Waals surface area (Å²) >= 11 is 1.56. The van der Waals surface area contributed by atoms with E-state index in [1.165, 1.54) is 6.07 Å². The minimum absolute atomic E-state index is 0.0234. The van der Waals surface area contributed by atoms with Gasteiger partial charge >= 0.3 is 0 Å². The average Bonchev–Trinajstić information content (AvgIpc) is 3.41. The van der Waals surface area contributed by atoms with Crippen molar-refractivity contribution in [1.82, 2.24) is 9.80 Å². The molecule has 0 N–H and O–H groups in total. The number of thiophene rings is 1. The van der Waals surface area contributed by atoms with Crippen molar-refractivity contribution in [3.63, 3.8) is 0 Å². The number of nitrogens with zero attached hydrogens (tertiary/aromatic N) is 4. The number of sulfone groups is 1. The molecule has 1 atom stereocenters. The Morgan fingerprint density at radius 2 is 1.91 bits per heavy atom. The zero-order valence-corrected chi connectivity index (χ0v) is 19.3. The molecule has 0 radical (unpaired) electrons. The summed E-state index contributed by atoms with van der Waals surface area (Å²) in [5.41, 5.74) is 0.681. The zero-order chi connectivity index (χ0) is 22.7. The van der Waals surface area contributed by atoms with Gasteiger partial charge in [0.15, 0.2) is 9.84 Å². The lowest BCUT2D eigenvalue weighted by atomic mass is 10.2. The fraction of sp³-hybridized carbons (Fsp3) is 0.476. The van der Waals surface area contributed by atoms with Gasteiger partial charge in [-0.1, -0.05) is 18.2 Å². The SMILES string of the molecule is O=C(CN1CCN(c2ccccc2[N+](=O)[O-])CC1)N(Cc1cccs1)[C@@H]1CCS(=O)(=O)C1. The third-order valence-electron chi connectivity index (χ3n) is 6.03. The van der Waals surface area contributed by atoms with Crippen LogP contribution in [0.5, 0.6) is 0 Å². The number of nitro benzene ring substituents is 1. The number of piperazine rings is 1. The van der Waals surface area contributed by atoms with Crippen LogP contribution in [-0.2, 0) is 21.2 Å². The molecule has 2 fully saturated rings. The maximum atomic E-state index is 13.2. The third-order valence-corrected chi connectivity index (χ3v) is 8.64. The Morgan fingerprint density at radius 3 is 2.53 bits per heavy atom. The highest BCUT2D eigenvalue weighted by Crippen LogP contribution is 2.28. The van der Waals surface area contributed by atoms with E-state index < -0.39 is 9.84 Å². The van der Waals surface area contributed by atoms with E-state index in [9.17, 15) is 23.3 Å². The van der Waals surface area contributed by atoms with Crippen LogP contribution in [0.3, 0.4) is 0 Å². The summed E-state index contributed by atoms with van der Waals surface area (Å²) in [6.07, 6.45) is 0.477. The summed E-state index contributed by atoms with van der Waals surface area (Å²) in [4.78, 5) is 31.0. The lowest BCUT2D eigenvalue weighted by Crippen LogP contribution is -2.51. The molecule has 2 aromatic rings. The van der Waals surface area contributed by atoms with Gasteiger partial charge in [0.05, 0.1) is 29.5 Å². The molecular weight excluding hydrogens is 452 g/mol. The largest absolute Gasteiger partial charge is 0.363 e. The van der Waals surface area contributed by atoms with Crippen molar-refractivity contribution in [2.24, 2.45) is 0 Å². The molecule has 0 spiro atoms. The van der Waals surface area contributed by atoms with Crippen molar-refractivity contribution in [2.45, 2.75) is 19.0 Å². The van der Waals surface area contributed by atoms with Gasteiger partial charge in [0.1, 0.15) is 5.69 Å². The first-order valence-electron chi connectivity index (χ1n) is 10.6. The van der Waals surface area contributed by atoms with Crippen molar-refractivity contribution < 1.29 is 18.1 Å². The van der Waals surface area contributed by atoms with Crippen molar-refractivity contribution in [3.8, 4) is 0 Å². The lowest BCUT2D eigenvalue weighted by Gasteiger charge is -2.37. The van der Waals surface area contributed by atoms with Crippen LogP contribution >= 0.6 is 11.3 Å². The van der Waals surface area contributed by atoms with Crippen LogP contribution in [-0.4, -0.2) is 79.3 Å². The van der Waals surface area contributed by atoms with Gasteiger partial charge < -0.3 is 9.80 Å². The molecular formula is C21H26N4O5S2. The molecule has 0 unspecified atom stereocenters. The van der Waals surface area contributed by atoms with Crippen LogP contribution in [0.1, 0.15) is 11.3 Å². The predicted molar refractivity (Wildman–Crippen MR) is 124 cm³/mol. The molecule has 32 heavy (non-hydrogen) atoms. The van der Waals surface area contributed by atoms with E-state index in [1.54, 1.807) is 34.4 Å². The Morgan fingerprint density at radius 1 is 1.16 bits per heavy atom. The normalized spacial score (nSPS) is 20.9. The van der Waals surface area contributed by atoms with E-state index in [0.717, 1.165) is 4.88 Å². The van der Waals surface area contributed by atoms with Crippen molar-refractivity contribution >= 4 is 38.5 Å². The van der Waals surface area contributed by atoms with Crippen molar-refractivity contribution in [3.05, 3.63) is 56.8 Å². The maximum absolute atomic E-state index is 13.2. The number of para-hydroxylation sites is 2. The summed E-state index contributed by atoms with van der Waals surface area (Å²) in [6.45, 7) is 3.02. The molecule has 0 aliphatic carbocycles. The van der Waals surface area contributed by atoms with E-state index in [0.29, 0.717) is 44.8 Å².